The SMILES string of the molecule is COc1ccc(S(=O)(=O)N(CC(=O)N(Cc2cccc(C)c2)[C@@H](Cc2ccccc2)C(=O)NC2CCCC2)c2ccccc2)cc1. The van der Waals surface area contributed by atoms with Gasteiger partial charge in [0.25, 0.3) is 10.0 Å². The molecule has 1 aliphatic rings. The van der Waals surface area contributed by atoms with Gasteiger partial charge in [0.2, 0.25) is 11.8 Å². The van der Waals surface area contributed by atoms with Crippen molar-refractivity contribution < 1.29 is 22.7 Å². The molecule has 9 heteroatoms. The molecule has 1 saturated carbocycles. The zero-order valence-corrected chi connectivity index (χ0v) is 27.2. The van der Waals surface area contributed by atoms with Crippen molar-refractivity contribution >= 4 is 27.5 Å². The summed E-state index contributed by atoms with van der Waals surface area (Å²) in [7, 11) is -2.67. The third-order valence-electron chi connectivity index (χ3n) is 8.38. The maximum absolute atomic E-state index is 14.6. The highest BCUT2D eigenvalue weighted by Gasteiger charge is 2.35. The summed E-state index contributed by atoms with van der Waals surface area (Å²) in [5.41, 5.74) is 3.12. The molecule has 1 fully saturated rings. The molecule has 4 aromatic carbocycles. The molecule has 46 heavy (non-hydrogen) atoms. The molecule has 8 nitrogen and oxygen atoms in total. The third kappa shape index (κ3) is 8.14. The molecule has 0 radical (unpaired) electrons. The van der Waals surface area contributed by atoms with Gasteiger partial charge in [-0.2, -0.15) is 0 Å². The predicted molar refractivity (Wildman–Crippen MR) is 180 cm³/mol. The van der Waals surface area contributed by atoms with Gasteiger partial charge >= 0.3 is 0 Å². The van der Waals surface area contributed by atoms with Crippen molar-refractivity contribution in [1.29, 1.82) is 0 Å². The van der Waals surface area contributed by atoms with Crippen molar-refractivity contribution in [3.05, 3.63) is 126 Å². The summed E-state index contributed by atoms with van der Waals surface area (Å²) in [6.07, 6.45) is 4.19. The summed E-state index contributed by atoms with van der Waals surface area (Å²) in [6, 6.07) is 31.2. The minimum absolute atomic E-state index is 0.0231. The molecule has 0 heterocycles. The number of carbonyl (C=O) groups is 2. The predicted octanol–water partition coefficient (Wildman–Crippen LogP) is 5.90. The number of amides is 2. The number of ether oxygens (including phenoxy) is 1. The lowest BCUT2D eigenvalue weighted by atomic mass is 10.0. The minimum Gasteiger partial charge on any atom is -0.497 e. The largest absolute Gasteiger partial charge is 0.497 e. The van der Waals surface area contributed by atoms with Crippen LogP contribution in [0.3, 0.4) is 0 Å². The van der Waals surface area contributed by atoms with Crippen LogP contribution in [0.4, 0.5) is 5.69 Å². The molecule has 1 atom stereocenters. The number of benzene rings is 4. The van der Waals surface area contributed by atoms with E-state index in [1.54, 1.807) is 47.4 Å². The number of hydrogen-bond acceptors (Lipinski definition) is 5. The molecule has 0 saturated heterocycles. The second-order valence-electron chi connectivity index (χ2n) is 11.7. The molecule has 0 aliphatic heterocycles. The Kier molecular flexibility index (Phi) is 10.8. The Morgan fingerprint density at radius 2 is 1.48 bits per heavy atom. The number of hydrogen-bond donors (Lipinski definition) is 1. The van der Waals surface area contributed by atoms with Crippen LogP contribution in [0.25, 0.3) is 0 Å². The lowest BCUT2D eigenvalue weighted by Gasteiger charge is -2.34. The Morgan fingerprint density at radius 3 is 2.11 bits per heavy atom. The number of carbonyl (C=O) groups excluding carboxylic acids is 2. The first-order valence-corrected chi connectivity index (χ1v) is 17.1. The Morgan fingerprint density at radius 1 is 0.848 bits per heavy atom. The van der Waals surface area contributed by atoms with Gasteiger partial charge in [-0.1, -0.05) is 91.2 Å². The number of para-hydroxylation sites is 1. The first-order valence-electron chi connectivity index (χ1n) is 15.7. The highest BCUT2D eigenvalue weighted by Crippen LogP contribution is 2.27. The van der Waals surface area contributed by atoms with E-state index < -0.39 is 28.5 Å². The molecule has 0 bridgehead atoms. The molecule has 1 aliphatic carbocycles. The number of nitrogens with one attached hydrogen (secondary N) is 1. The maximum Gasteiger partial charge on any atom is 0.264 e. The highest BCUT2D eigenvalue weighted by molar-refractivity contribution is 7.92. The lowest BCUT2D eigenvalue weighted by molar-refractivity contribution is -0.140. The second-order valence-corrected chi connectivity index (χ2v) is 13.6. The molecule has 4 aromatic rings. The maximum atomic E-state index is 14.6. The number of methoxy groups -OCH3 is 1. The van der Waals surface area contributed by atoms with Gasteiger partial charge in [0.1, 0.15) is 18.3 Å². The average molecular weight is 640 g/mol. The second kappa shape index (κ2) is 15.1. The third-order valence-corrected chi connectivity index (χ3v) is 10.2. The number of sulfonamides is 1. The Bertz CT molecular complexity index is 1710. The first-order chi connectivity index (χ1) is 22.2. The molecular weight excluding hydrogens is 598 g/mol. The molecule has 0 unspecified atom stereocenters. The van der Waals surface area contributed by atoms with Crippen molar-refractivity contribution in [2.75, 3.05) is 18.0 Å². The summed E-state index contributed by atoms with van der Waals surface area (Å²) in [5, 5.41) is 3.21. The van der Waals surface area contributed by atoms with Crippen molar-refractivity contribution in [3.63, 3.8) is 0 Å². The van der Waals surface area contributed by atoms with Crippen LogP contribution in [0, 0.1) is 6.92 Å². The summed E-state index contributed by atoms with van der Waals surface area (Å²) in [5.74, 6) is -0.200. The molecule has 0 aromatic heterocycles. The molecule has 240 valence electrons. The van der Waals surface area contributed by atoms with E-state index in [0.717, 1.165) is 46.7 Å². The van der Waals surface area contributed by atoms with Crippen LogP contribution >= 0.6 is 0 Å². The summed E-state index contributed by atoms with van der Waals surface area (Å²) in [6.45, 7) is 1.62. The fourth-order valence-electron chi connectivity index (χ4n) is 5.93. The van der Waals surface area contributed by atoms with Crippen LogP contribution in [0.15, 0.2) is 114 Å². The van der Waals surface area contributed by atoms with Crippen LogP contribution in [0.1, 0.15) is 42.4 Å². The number of rotatable bonds is 13. The van der Waals surface area contributed by atoms with E-state index in [1.807, 2.05) is 61.5 Å². The van der Waals surface area contributed by atoms with Gasteiger partial charge < -0.3 is 15.0 Å². The molecule has 0 spiro atoms. The van der Waals surface area contributed by atoms with Crippen molar-refractivity contribution in [2.45, 2.75) is 62.6 Å². The summed E-state index contributed by atoms with van der Waals surface area (Å²) >= 11 is 0. The topological polar surface area (TPSA) is 96.0 Å². The zero-order valence-electron chi connectivity index (χ0n) is 26.3. The van der Waals surface area contributed by atoms with E-state index >= 15 is 0 Å². The van der Waals surface area contributed by atoms with Crippen molar-refractivity contribution in [2.24, 2.45) is 0 Å². The standard InChI is InChI=1S/C37H41N3O5S/c1-28-12-11-15-30(24-28)26-39(35(25-29-13-5-3-6-14-29)37(42)38-31-16-9-10-17-31)36(41)27-40(32-18-7-4-8-19-32)46(43,44)34-22-20-33(45-2)21-23-34/h3-8,11-15,18-24,31,35H,9-10,16-17,25-27H2,1-2H3,(H,38,42)/t35-/m0/s1. The lowest BCUT2D eigenvalue weighted by Crippen LogP contribution is -2.54. The number of aryl methyl sites for hydroxylation is 1. The van der Waals surface area contributed by atoms with Gasteiger partial charge in [-0.15, -0.1) is 0 Å². The van der Waals surface area contributed by atoms with Crippen LogP contribution in [-0.4, -0.2) is 50.9 Å². The minimum atomic E-state index is -4.18. The Balaban J connectivity index is 1.55. The molecule has 1 N–H and O–H groups in total. The van der Waals surface area contributed by atoms with Crippen molar-refractivity contribution in [3.8, 4) is 5.75 Å². The van der Waals surface area contributed by atoms with E-state index in [2.05, 4.69) is 5.32 Å². The van der Waals surface area contributed by atoms with Gasteiger partial charge in [0.15, 0.2) is 0 Å². The van der Waals surface area contributed by atoms with Gasteiger partial charge in [0, 0.05) is 19.0 Å². The normalized spacial score (nSPS) is 14.0. The molecule has 2 amide bonds. The van der Waals surface area contributed by atoms with Gasteiger partial charge in [-0.05, 0) is 67.3 Å². The molecular formula is C37H41N3O5S. The van der Waals surface area contributed by atoms with Gasteiger partial charge in [-0.25, -0.2) is 8.42 Å². The van der Waals surface area contributed by atoms with E-state index in [0.29, 0.717) is 11.4 Å². The van der Waals surface area contributed by atoms with Crippen molar-refractivity contribution in [1.82, 2.24) is 10.2 Å². The fraction of sp³-hybridized carbons (Fsp3) is 0.297. The van der Waals surface area contributed by atoms with Crippen LogP contribution in [0.2, 0.25) is 0 Å². The number of nitrogens with zero attached hydrogens (tertiary/aromatic N) is 2. The van der Waals surface area contributed by atoms with E-state index in [9.17, 15) is 18.0 Å². The Hall–Kier alpha value is -4.63. The smallest absolute Gasteiger partial charge is 0.264 e. The van der Waals surface area contributed by atoms with E-state index in [1.165, 1.54) is 19.2 Å². The van der Waals surface area contributed by atoms with Crippen LogP contribution in [-0.2, 0) is 32.6 Å². The van der Waals surface area contributed by atoms with Gasteiger partial charge in [0.05, 0.1) is 17.7 Å². The highest BCUT2D eigenvalue weighted by atomic mass is 32.2. The average Bonchev–Trinajstić information content (AvgIpc) is 3.59. The first kappa shape index (κ1) is 32.8. The van der Waals surface area contributed by atoms with Crippen LogP contribution < -0.4 is 14.4 Å². The Labute approximate surface area is 272 Å². The molecule has 5 rings (SSSR count). The monoisotopic (exact) mass is 639 g/mol. The van der Waals surface area contributed by atoms with E-state index in [4.69, 9.17) is 4.74 Å². The van der Waals surface area contributed by atoms with Gasteiger partial charge in [-0.3, -0.25) is 13.9 Å². The summed E-state index contributed by atoms with van der Waals surface area (Å²) < 4.78 is 34.7. The number of anilines is 1. The quantitative estimate of drug-likeness (QED) is 0.197. The van der Waals surface area contributed by atoms with Crippen LogP contribution in [0.5, 0.6) is 5.75 Å². The van der Waals surface area contributed by atoms with E-state index in [-0.39, 0.29) is 29.8 Å². The zero-order chi connectivity index (χ0) is 32.5. The summed E-state index contributed by atoms with van der Waals surface area (Å²) in [4.78, 5) is 30.3. The fourth-order valence-corrected chi connectivity index (χ4v) is 7.34.